The predicted octanol–water partition coefficient (Wildman–Crippen LogP) is 4.96. The van der Waals surface area contributed by atoms with Gasteiger partial charge in [0.25, 0.3) is 0 Å². The molecule has 0 N–H and O–H groups in total. The molecule has 14 heavy (non-hydrogen) atoms. The fourth-order valence-electron chi connectivity index (χ4n) is 0.715. The Balaban J connectivity index is 0.000000791. The lowest BCUT2D eigenvalue weighted by Crippen LogP contribution is -1.96. The van der Waals surface area contributed by atoms with Crippen LogP contribution in [0.15, 0.2) is 8.95 Å². The number of rotatable bonds is 0. The van der Waals surface area contributed by atoms with Gasteiger partial charge in [-0.25, -0.2) is 13.2 Å². The summed E-state index contributed by atoms with van der Waals surface area (Å²) >= 11 is 5.34. The van der Waals surface area contributed by atoms with E-state index in [1.807, 2.05) is 13.8 Å². The van der Waals surface area contributed by atoms with Crippen molar-refractivity contribution >= 4 is 31.9 Å². The van der Waals surface area contributed by atoms with Crippen molar-refractivity contribution in [2.24, 2.45) is 0 Å². The molecule has 0 fully saturated rings. The summed E-state index contributed by atoms with van der Waals surface area (Å²) in [6.07, 6.45) is 0. The third kappa shape index (κ3) is 2.51. The third-order valence-corrected chi connectivity index (χ3v) is 3.07. The quantitative estimate of drug-likeness (QED) is 0.465. The van der Waals surface area contributed by atoms with Gasteiger partial charge in [0.15, 0.2) is 11.6 Å². The second kappa shape index (κ2) is 5.75. The predicted molar refractivity (Wildman–Crippen MR) is 57.8 cm³/mol. The van der Waals surface area contributed by atoms with Crippen LogP contribution in [0.3, 0.4) is 0 Å². The third-order valence-electron chi connectivity index (χ3n) is 1.43. The number of benzene rings is 1. The first-order valence-corrected chi connectivity index (χ1v) is 5.53. The highest BCUT2D eigenvalue weighted by Gasteiger charge is 2.19. The van der Waals surface area contributed by atoms with Gasteiger partial charge in [0.1, 0.15) is 5.82 Å². The summed E-state index contributed by atoms with van der Waals surface area (Å²) in [5.74, 6) is -3.09. The van der Waals surface area contributed by atoms with E-state index >= 15 is 0 Å². The van der Waals surface area contributed by atoms with E-state index in [0.717, 1.165) is 0 Å². The van der Waals surface area contributed by atoms with Crippen molar-refractivity contribution in [2.45, 2.75) is 20.8 Å². The molecule has 0 spiro atoms. The Morgan fingerprint density at radius 1 is 0.786 bits per heavy atom. The van der Waals surface area contributed by atoms with E-state index in [-0.39, 0.29) is 10.0 Å². The molecule has 1 aromatic rings. The number of hydrogen-bond donors (Lipinski definition) is 0. The van der Waals surface area contributed by atoms with Gasteiger partial charge < -0.3 is 0 Å². The van der Waals surface area contributed by atoms with E-state index in [2.05, 4.69) is 31.9 Å². The lowest BCUT2D eigenvalue weighted by molar-refractivity contribution is 0.480. The lowest BCUT2D eigenvalue weighted by atomic mass is 10.2. The zero-order chi connectivity index (χ0) is 11.5. The first-order valence-electron chi connectivity index (χ1n) is 3.94. The van der Waals surface area contributed by atoms with Crippen molar-refractivity contribution in [1.29, 1.82) is 0 Å². The summed E-state index contributed by atoms with van der Waals surface area (Å²) in [6.45, 7) is 5.35. The minimum Gasteiger partial charge on any atom is -0.205 e. The zero-order valence-electron chi connectivity index (χ0n) is 7.89. The molecule has 5 heteroatoms. The van der Waals surface area contributed by atoms with Crippen molar-refractivity contribution in [3.8, 4) is 0 Å². The highest BCUT2D eigenvalue weighted by Crippen LogP contribution is 2.31. The molecular formula is C9H9Br2F3. The molecule has 0 aliphatic rings. The Bertz CT molecular complexity index is 232. The van der Waals surface area contributed by atoms with Gasteiger partial charge in [-0.3, -0.25) is 0 Å². The van der Waals surface area contributed by atoms with Crippen LogP contribution in [0.25, 0.3) is 0 Å². The lowest BCUT2D eigenvalue weighted by Gasteiger charge is -2.05. The van der Waals surface area contributed by atoms with Gasteiger partial charge in [-0.15, -0.1) is 0 Å². The molecular weight excluding hydrogens is 325 g/mol. The molecule has 0 nitrogen and oxygen atoms in total. The van der Waals surface area contributed by atoms with Crippen LogP contribution in [-0.4, -0.2) is 0 Å². The van der Waals surface area contributed by atoms with Crippen molar-refractivity contribution in [3.05, 3.63) is 32.0 Å². The maximum absolute atomic E-state index is 12.9. The fraction of sp³-hybridized carbons (Fsp3) is 0.333. The topological polar surface area (TPSA) is 0 Å². The average Bonchev–Trinajstić information content (AvgIpc) is 2.24. The maximum atomic E-state index is 12.9. The minimum absolute atomic E-state index is 0.0424. The molecule has 0 atom stereocenters. The van der Waals surface area contributed by atoms with Gasteiger partial charge >= 0.3 is 0 Å². The number of hydrogen-bond acceptors (Lipinski definition) is 0. The van der Waals surface area contributed by atoms with Crippen LogP contribution in [0.4, 0.5) is 13.2 Å². The molecule has 1 rings (SSSR count). The molecule has 0 aromatic heterocycles. The van der Waals surface area contributed by atoms with E-state index < -0.39 is 21.9 Å². The Morgan fingerprint density at radius 2 is 1.14 bits per heavy atom. The van der Waals surface area contributed by atoms with Crippen LogP contribution < -0.4 is 0 Å². The van der Waals surface area contributed by atoms with Gasteiger partial charge in [0, 0.05) is 5.56 Å². The summed E-state index contributed by atoms with van der Waals surface area (Å²) in [6, 6.07) is 0. The highest BCUT2D eigenvalue weighted by molar-refractivity contribution is 9.11. The SMILES string of the molecule is CC.Cc1c(F)c(Br)c(F)c(F)c1Br. The van der Waals surface area contributed by atoms with Crippen LogP contribution in [0.2, 0.25) is 0 Å². The maximum Gasteiger partial charge on any atom is 0.177 e. The van der Waals surface area contributed by atoms with Crippen LogP contribution in [0, 0.1) is 24.4 Å². The van der Waals surface area contributed by atoms with Crippen molar-refractivity contribution in [2.75, 3.05) is 0 Å². The second-order valence-electron chi connectivity index (χ2n) is 2.19. The summed E-state index contributed by atoms with van der Waals surface area (Å²) in [4.78, 5) is 0. The summed E-state index contributed by atoms with van der Waals surface area (Å²) in [7, 11) is 0. The summed E-state index contributed by atoms with van der Waals surface area (Å²) in [5, 5.41) is 0. The Hall–Kier alpha value is -0.0300. The van der Waals surface area contributed by atoms with Crippen LogP contribution in [-0.2, 0) is 0 Å². The highest BCUT2D eigenvalue weighted by atomic mass is 79.9. The largest absolute Gasteiger partial charge is 0.205 e. The molecule has 0 bridgehead atoms. The molecule has 1 aromatic carbocycles. The fourth-order valence-corrected chi connectivity index (χ4v) is 1.53. The molecule has 0 radical (unpaired) electrons. The molecule has 0 unspecified atom stereocenters. The van der Waals surface area contributed by atoms with E-state index in [0.29, 0.717) is 0 Å². The molecule has 0 aliphatic carbocycles. The smallest absolute Gasteiger partial charge is 0.177 e. The van der Waals surface area contributed by atoms with Crippen LogP contribution in [0.5, 0.6) is 0 Å². The van der Waals surface area contributed by atoms with E-state index in [1.165, 1.54) is 6.92 Å². The summed E-state index contributed by atoms with van der Waals surface area (Å²) in [5.41, 5.74) is 0.0424. The Labute approximate surface area is 97.8 Å². The Morgan fingerprint density at radius 3 is 1.57 bits per heavy atom. The van der Waals surface area contributed by atoms with Gasteiger partial charge in [0.2, 0.25) is 0 Å². The van der Waals surface area contributed by atoms with Crippen LogP contribution >= 0.6 is 31.9 Å². The second-order valence-corrected chi connectivity index (χ2v) is 3.78. The first kappa shape index (κ1) is 14.0. The minimum atomic E-state index is -1.22. The first-order chi connectivity index (χ1) is 6.46. The normalized spacial score (nSPS) is 9.43. The van der Waals surface area contributed by atoms with Gasteiger partial charge in [-0.1, -0.05) is 13.8 Å². The van der Waals surface area contributed by atoms with Crippen molar-refractivity contribution in [3.63, 3.8) is 0 Å². The zero-order valence-corrected chi connectivity index (χ0v) is 11.1. The average molecular weight is 334 g/mol. The van der Waals surface area contributed by atoms with E-state index in [1.54, 1.807) is 0 Å². The monoisotopic (exact) mass is 332 g/mol. The molecule has 0 aliphatic heterocycles. The molecule has 0 heterocycles. The number of halogens is 5. The van der Waals surface area contributed by atoms with Crippen molar-refractivity contribution in [1.82, 2.24) is 0 Å². The van der Waals surface area contributed by atoms with Gasteiger partial charge in [-0.05, 0) is 38.8 Å². The standard InChI is InChI=1S/C7H3Br2F3.C2H6/c1-2-3(8)6(11)7(12)4(9)5(2)10;1-2/h1H3;1-2H3. The van der Waals surface area contributed by atoms with Gasteiger partial charge in [-0.2, -0.15) is 0 Å². The molecule has 0 saturated heterocycles. The van der Waals surface area contributed by atoms with Crippen LogP contribution in [0.1, 0.15) is 19.4 Å². The molecule has 0 amide bonds. The molecule has 0 saturated carbocycles. The molecule has 80 valence electrons. The van der Waals surface area contributed by atoms with Crippen molar-refractivity contribution < 1.29 is 13.2 Å². The van der Waals surface area contributed by atoms with Gasteiger partial charge in [0.05, 0.1) is 8.95 Å². The summed E-state index contributed by atoms with van der Waals surface area (Å²) < 4.78 is 37.9. The van der Waals surface area contributed by atoms with E-state index in [9.17, 15) is 13.2 Å². The van der Waals surface area contributed by atoms with E-state index in [4.69, 9.17) is 0 Å². The Kier molecular flexibility index (Phi) is 5.74.